The smallest absolute Gasteiger partial charge is 0.286 e. The van der Waals surface area contributed by atoms with Gasteiger partial charge in [-0.05, 0) is 18.1 Å². The number of benzene rings is 1. The van der Waals surface area contributed by atoms with E-state index < -0.39 is 5.56 Å². The summed E-state index contributed by atoms with van der Waals surface area (Å²) in [6.45, 7) is 9.45. The fourth-order valence-electron chi connectivity index (χ4n) is 2.33. The summed E-state index contributed by atoms with van der Waals surface area (Å²) in [6.07, 6.45) is 1.14. The first kappa shape index (κ1) is 18.5. The normalized spacial score (nSPS) is 12.9. The molecule has 5 nitrogen and oxygen atoms in total. The SMILES string of the molecule is CCOCc1ccc(C(Oc2cn[nH]c(=O)c2Cl)C(C)(C)C)cc1. The van der Waals surface area contributed by atoms with Crippen LogP contribution in [0.2, 0.25) is 5.02 Å². The van der Waals surface area contributed by atoms with Crippen LogP contribution < -0.4 is 10.3 Å². The van der Waals surface area contributed by atoms with Gasteiger partial charge in [0.05, 0.1) is 12.8 Å². The molecule has 2 rings (SSSR count). The molecule has 0 radical (unpaired) electrons. The summed E-state index contributed by atoms with van der Waals surface area (Å²) < 4.78 is 11.5. The third-order valence-corrected chi connectivity index (χ3v) is 3.91. The summed E-state index contributed by atoms with van der Waals surface area (Å²) in [7, 11) is 0. The lowest BCUT2D eigenvalue weighted by Crippen LogP contribution is -2.25. The van der Waals surface area contributed by atoms with Crippen molar-refractivity contribution in [2.24, 2.45) is 5.41 Å². The van der Waals surface area contributed by atoms with E-state index in [2.05, 4.69) is 31.0 Å². The number of rotatable bonds is 6. The van der Waals surface area contributed by atoms with Crippen LogP contribution in [-0.4, -0.2) is 16.8 Å². The molecule has 1 aromatic carbocycles. The molecular formula is C18H23ClN2O3. The number of nitrogens with one attached hydrogen (secondary N) is 1. The molecule has 1 aromatic heterocycles. The Labute approximate surface area is 147 Å². The number of nitrogens with zero attached hydrogens (tertiary/aromatic N) is 1. The first-order valence-corrected chi connectivity index (χ1v) is 8.27. The molecule has 0 aliphatic heterocycles. The van der Waals surface area contributed by atoms with Gasteiger partial charge in [-0.15, -0.1) is 0 Å². The lowest BCUT2D eigenvalue weighted by molar-refractivity contribution is 0.0861. The zero-order valence-electron chi connectivity index (χ0n) is 14.4. The van der Waals surface area contributed by atoms with Crippen LogP contribution in [0.3, 0.4) is 0 Å². The van der Waals surface area contributed by atoms with Crippen molar-refractivity contribution in [2.75, 3.05) is 6.61 Å². The summed E-state index contributed by atoms with van der Waals surface area (Å²) in [5, 5.41) is 6.05. The van der Waals surface area contributed by atoms with Gasteiger partial charge >= 0.3 is 0 Å². The maximum Gasteiger partial charge on any atom is 0.286 e. The maximum atomic E-state index is 11.6. The Morgan fingerprint density at radius 1 is 1.25 bits per heavy atom. The zero-order valence-corrected chi connectivity index (χ0v) is 15.2. The minimum absolute atomic E-state index is 0.00668. The minimum Gasteiger partial charge on any atom is -0.482 e. The first-order valence-electron chi connectivity index (χ1n) is 7.89. The number of aromatic amines is 1. The molecule has 0 bridgehead atoms. The molecule has 1 unspecified atom stereocenters. The van der Waals surface area contributed by atoms with Crippen molar-refractivity contribution >= 4 is 11.6 Å². The van der Waals surface area contributed by atoms with Crippen LogP contribution in [0.5, 0.6) is 5.75 Å². The summed E-state index contributed by atoms with van der Waals surface area (Å²) in [5.74, 6) is 0.277. The highest BCUT2D eigenvalue weighted by atomic mass is 35.5. The lowest BCUT2D eigenvalue weighted by atomic mass is 9.84. The predicted molar refractivity (Wildman–Crippen MR) is 94.5 cm³/mol. The van der Waals surface area contributed by atoms with Gasteiger partial charge < -0.3 is 9.47 Å². The second-order valence-electron chi connectivity index (χ2n) is 6.62. The standard InChI is InChI=1S/C18H23ClN2O3/c1-5-23-11-12-6-8-13(9-7-12)16(18(2,3)4)24-14-10-20-21-17(22)15(14)19/h6-10,16H,5,11H2,1-4H3,(H,21,22). The van der Waals surface area contributed by atoms with Crippen molar-refractivity contribution in [3.63, 3.8) is 0 Å². The van der Waals surface area contributed by atoms with Crippen molar-refractivity contribution < 1.29 is 9.47 Å². The van der Waals surface area contributed by atoms with Gasteiger partial charge in [-0.3, -0.25) is 4.79 Å². The van der Waals surface area contributed by atoms with Gasteiger partial charge in [0, 0.05) is 12.0 Å². The second-order valence-corrected chi connectivity index (χ2v) is 7.00. The van der Waals surface area contributed by atoms with Gasteiger partial charge in [0.25, 0.3) is 5.56 Å². The Bertz CT molecular complexity index is 720. The zero-order chi connectivity index (χ0) is 17.7. The molecule has 1 atom stereocenters. The number of hydrogen-bond donors (Lipinski definition) is 1. The van der Waals surface area contributed by atoms with Crippen molar-refractivity contribution in [3.05, 3.63) is 57.0 Å². The fourth-order valence-corrected chi connectivity index (χ4v) is 2.47. The Balaban J connectivity index is 2.29. The third kappa shape index (κ3) is 4.58. The molecule has 0 saturated carbocycles. The molecule has 0 saturated heterocycles. The highest BCUT2D eigenvalue weighted by molar-refractivity contribution is 6.31. The van der Waals surface area contributed by atoms with E-state index in [1.165, 1.54) is 6.20 Å². The van der Waals surface area contributed by atoms with E-state index in [9.17, 15) is 4.79 Å². The van der Waals surface area contributed by atoms with E-state index in [1.807, 2.05) is 31.2 Å². The molecule has 0 amide bonds. The molecule has 1 N–H and O–H groups in total. The van der Waals surface area contributed by atoms with E-state index in [1.54, 1.807) is 0 Å². The number of halogens is 1. The molecule has 130 valence electrons. The fraction of sp³-hybridized carbons (Fsp3) is 0.444. The Morgan fingerprint density at radius 2 is 1.92 bits per heavy atom. The summed E-state index contributed by atoms with van der Waals surface area (Å²) in [6, 6.07) is 8.06. The van der Waals surface area contributed by atoms with Crippen molar-refractivity contribution in [3.8, 4) is 5.75 Å². The highest BCUT2D eigenvalue weighted by Gasteiger charge is 2.29. The van der Waals surface area contributed by atoms with Crippen LogP contribution in [0.1, 0.15) is 44.9 Å². The molecule has 0 fully saturated rings. The highest BCUT2D eigenvalue weighted by Crippen LogP contribution is 2.38. The molecule has 1 heterocycles. The van der Waals surface area contributed by atoms with Crippen LogP contribution >= 0.6 is 11.6 Å². The van der Waals surface area contributed by atoms with E-state index >= 15 is 0 Å². The van der Waals surface area contributed by atoms with Crippen molar-refractivity contribution in [2.45, 2.75) is 40.4 Å². The van der Waals surface area contributed by atoms with E-state index in [-0.39, 0.29) is 22.3 Å². The number of hydrogen-bond acceptors (Lipinski definition) is 4. The monoisotopic (exact) mass is 350 g/mol. The second kappa shape index (κ2) is 7.81. The molecule has 2 aromatic rings. The summed E-state index contributed by atoms with van der Waals surface area (Å²) in [4.78, 5) is 11.6. The summed E-state index contributed by atoms with van der Waals surface area (Å²) >= 11 is 6.03. The van der Waals surface area contributed by atoms with Gasteiger partial charge in [-0.2, -0.15) is 5.10 Å². The van der Waals surface area contributed by atoms with Crippen molar-refractivity contribution in [1.29, 1.82) is 0 Å². The van der Waals surface area contributed by atoms with E-state index in [4.69, 9.17) is 21.1 Å². The largest absolute Gasteiger partial charge is 0.482 e. The quantitative estimate of drug-likeness (QED) is 0.850. The van der Waals surface area contributed by atoms with E-state index in [0.29, 0.717) is 13.2 Å². The summed E-state index contributed by atoms with van der Waals surface area (Å²) in [5.41, 5.74) is 1.44. The number of ether oxygens (including phenoxy) is 2. The van der Waals surface area contributed by atoms with Crippen LogP contribution in [0.15, 0.2) is 35.3 Å². The van der Waals surface area contributed by atoms with Crippen LogP contribution in [0.25, 0.3) is 0 Å². The van der Waals surface area contributed by atoms with Gasteiger partial charge in [0.1, 0.15) is 6.10 Å². The van der Waals surface area contributed by atoms with Gasteiger partial charge in [-0.25, -0.2) is 5.10 Å². The van der Waals surface area contributed by atoms with Gasteiger partial charge in [-0.1, -0.05) is 56.6 Å². The van der Waals surface area contributed by atoms with Crippen LogP contribution in [-0.2, 0) is 11.3 Å². The van der Waals surface area contributed by atoms with Crippen LogP contribution in [0, 0.1) is 5.41 Å². The Kier molecular flexibility index (Phi) is 6.02. The number of H-pyrrole nitrogens is 1. The minimum atomic E-state index is -0.464. The predicted octanol–water partition coefficient (Wildman–Crippen LogP) is 4.13. The maximum absolute atomic E-state index is 11.6. The van der Waals surface area contributed by atoms with Gasteiger partial charge in [0.15, 0.2) is 10.8 Å². The molecule has 0 aliphatic rings. The molecule has 0 aliphatic carbocycles. The van der Waals surface area contributed by atoms with E-state index in [0.717, 1.165) is 11.1 Å². The molecular weight excluding hydrogens is 328 g/mol. The number of aromatic nitrogens is 2. The lowest BCUT2D eigenvalue weighted by Gasteiger charge is -2.31. The average molecular weight is 351 g/mol. The Hall–Kier alpha value is -1.85. The molecule has 6 heteroatoms. The third-order valence-electron chi connectivity index (χ3n) is 3.55. The molecule has 0 spiro atoms. The Morgan fingerprint density at radius 3 is 2.50 bits per heavy atom. The first-order chi connectivity index (χ1) is 11.3. The average Bonchev–Trinajstić information content (AvgIpc) is 2.54. The molecule has 24 heavy (non-hydrogen) atoms. The van der Waals surface area contributed by atoms with Gasteiger partial charge in [0.2, 0.25) is 0 Å². The van der Waals surface area contributed by atoms with Crippen molar-refractivity contribution in [1.82, 2.24) is 10.2 Å². The van der Waals surface area contributed by atoms with Crippen LogP contribution in [0.4, 0.5) is 0 Å². The topological polar surface area (TPSA) is 64.2 Å².